The third-order valence-electron chi connectivity index (χ3n) is 7.70. The zero-order chi connectivity index (χ0) is 18.4. The van der Waals surface area contributed by atoms with Gasteiger partial charge in [-0.3, -0.25) is 0 Å². The Morgan fingerprint density at radius 1 is 1.04 bits per heavy atom. The van der Waals surface area contributed by atoms with E-state index in [1.165, 1.54) is 49.7 Å². The molecular weight excluding hydrogens is 332 g/mol. The summed E-state index contributed by atoms with van der Waals surface area (Å²) < 4.78 is 5.65. The molecule has 4 atom stereocenters. The van der Waals surface area contributed by atoms with Crippen molar-refractivity contribution in [2.45, 2.75) is 57.8 Å². The van der Waals surface area contributed by atoms with E-state index in [0.717, 1.165) is 18.3 Å². The van der Waals surface area contributed by atoms with Crippen LogP contribution in [0.4, 0.5) is 0 Å². The first-order chi connectivity index (χ1) is 13.1. The molecule has 3 aliphatic rings. The second kappa shape index (κ2) is 6.51. The maximum Gasteiger partial charge on any atom is 0.343 e. The smallest absolute Gasteiger partial charge is 0.343 e. The molecule has 0 saturated heterocycles. The summed E-state index contributed by atoms with van der Waals surface area (Å²) in [6, 6.07) is 15.6. The minimum atomic E-state index is -0.274. The van der Waals surface area contributed by atoms with E-state index in [9.17, 15) is 4.79 Å². The van der Waals surface area contributed by atoms with Gasteiger partial charge in [-0.05, 0) is 97.1 Å². The van der Waals surface area contributed by atoms with Gasteiger partial charge in [0, 0.05) is 0 Å². The Balaban J connectivity index is 1.37. The van der Waals surface area contributed by atoms with Crippen LogP contribution < -0.4 is 4.74 Å². The predicted molar refractivity (Wildman–Crippen MR) is 107 cm³/mol. The zero-order valence-corrected chi connectivity index (χ0v) is 16.1. The van der Waals surface area contributed by atoms with E-state index in [1.807, 2.05) is 24.3 Å². The zero-order valence-electron chi connectivity index (χ0n) is 16.1. The van der Waals surface area contributed by atoms with Crippen molar-refractivity contribution in [1.82, 2.24) is 0 Å². The van der Waals surface area contributed by atoms with Crippen LogP contribution in [0.2, 0.25) is 0 Å². The highest BCUT2D eigenvalue weighted by molar-refractivity contribution is 5.91. The van der Waals surface area contributed by atoms with Gasteiger partial charge in [0.1, 0.15) is 5.75 Å². The molecule has 3 aliphatic carbocycles. The third kappa shape index (κ3) is 2.90. The monoisotopic (exact) mass is 360 g/mol. The Hall–Kier alpha value is -2.09. The van der Waals surface area contributed by atoms with Crippen molar-refractivity contribution in [2.75, 3.05) is 0 Å². The molecule has 0 spiro atoms. The number of hydrogen-bond donors (Lipinski definition) is 0. The third-order valence-corrected chi connectivity index (χ3v) is 7.70. The fourth-order valence-corrected chi connectivity index (χ4v) is 6.36. The summed E-state index contributed by atoms with van der Waals surface area (Å²) in [6.45, 7) is 2.54. The molecule has 2 aromatic carbocycles. The van der Waals surface area contributed by atoms with Crippen molar-refractivity contribution in [1.29, 1.82) is 0 Å². The second-order valence-electron chi connectivity index (χ2n) is 9.12. The van der Waals surface area contributed by atoms with Gasteiger partial charge in [-0.1, -0.05) is 37.6 Å². The van der Waals surface area contributed by atoms with Crippen molar-refractivity contribution in [3.05, 3.63) is 65.2 Å². The van der Waals surface area contributed by atoms with Crippen LogP contribution in [0.25, 0.3) is 0 Å². The molecular formula is C25H28O2. The molecule has 2 heteroatoms. The predicted octanol–water partition coefficient (Wildman–Crippen LogP) is 6.15. The number of aryl methyl sites for hydroxylation is 1. The first-order valence-electron chi connectivity index (χ1n) is 10.5. The molecule has 2 aromatic rings. The van der Waals surface area contributed by atoms with Crippen LogP contribution in [0.15, 0.2) is 48.5 Å². The van der Waals surface area contributed by atoms with Crippen molar-refractivity contribution >= 4 is 5.97 Å². The lowest BCUT2D eigenvalue weighted by molar-refractivity contribution is 0.0597. The van der Waals surface area contributed by atoms with E-state index in [0.29, 0.717) is 22.6 Å². The molecule has 2 nitrogen and oxygen atoms in total. The first-order valence-corrected chi connectivity index (χ1v) is 10.5. The van der Waals surface area contributed by atoms with Crippen molar-refractivity contribution in [3.8, 4) is 5.75 Å². The summed E-state index contributed by atoms with van der Waals surface area (Å²) in [7, 11) is 0. The number of benzene rings is 2. The van der Waals surface area contributed by atoms with Gasteiger partial charge in [0.05, 0.1) is 5.56 Å². The Kier molecular flexibility index (Phi) is 4.11. The fraction of sp³-hybridized carbons (Fsp3) is 0.480. The lowest BCUT2D eigenvalue weighted by Crippen LogP contribution is -2.39. The Labute approximate surface area is 161 Å². The van der Waals surface area contributed by atoms with Crippen LogP contribution in [0.1, 0.15) is 72.9 Å². The minimum absolute atomic E-state index is 0.274. The number of carbonyl (C=O) groups excluding carboxylic acids is 1. The normalized spacial score (nSPS) is 31.5. The van der Waals surface area contributed by atoms with Gasteiger partial charge in [0.25, 0.3) is 0 Å². The number of ether oxygens (including phenoxy) is 1. The van der Waals surface area contributed by atoms with Crippen molar-refractivity contribution < 1.29 is 9.53 Å². The number of carbonyl (C=O) groups is 1. The summed E-state index contributed by atoms with van der Waals surface area (Å²) in [5.41, 5.74) is 4.13. The van der Waals surface area contributed by atoms with E-state index in [2.05, 4.69) is 19.1 Å². The largest absolute Gasteiger partial charge is 0.423 e. The highest BCUT2D eigenvalue weighted by Crippen LogP contribution is 2.60. The summed E-state index contributed by atoms with van der Waals surface area (Å²) >= 11 is 0. The van der Waals surface area contributed by atoms with Crippen LogP contribution >= 0.6 is 0 Å². The van der Waals surface area contributed by atoms with E-state index in [4.69, 9.17) is 4.74 Å². The lowest BCUT2D eigenvalue weighted by Gasteiger charge is -2.49. The molecule has 2 saturated carbocycles. The van der Waals surface area contributed by atoms with Gasteiger partial charge in [0.15, 0.2) is 0 Å². The van der Waals surface area contributed by atoms with E-state index >= 15 is 0 Å². The summed E-state index contributed by atoms with van der Waals surface area (Å²) in [6.07, 6.45) is 9.41. The van der Waals surface area contributed by atoms with Gasteiger partial charge in [-0.2, -0.15) is 0 Å². The second-order valence-corrected chi connectivity index (χ2v) is 9.12. The van der Waals surface area contributed by atoms with Gasteiger partial charge in [0.2, 0.25) is 0 Å². The lowest BCUT2D eigenvalue weighted by atomic mass is 9.56. The maximum absolute atomic E-state index is 12.3. The standard InChI is InChI=1S/C25H28O2/c1-25-14-5-8-23(25)22-11-9-18-16-19(10-12-20(18)21(22)13-15-25)27-24(26)17-6-3-2-4-7-17/h2-4,6-7,10,12,16,21-23H,5,8-9,11,13-15H2,1H3/t21?,22?,23?,25-/m0/s1. The van der Waals surface area contributed by atoms with E-state index in [1.54, 1.807) is 12.1 Å². The van der Waals surface area contributed by atoms with Crippen molar-refractivity contribution in [2.24, 2.45) is 17.3 Å². The van der Waals surface area contributed by atoms with Crippen LogP contribution in [0.3, 0.4) is 0 Å². The topological polar surface area (TPSA) is 26.3 Å². The average molecular weight is 360 g/mol. The molecule has 140 valence electrons. The highest BCUT2D eigenvalue weighted by Gasteiger charge is 2.50. The number of hydrogen-bond acceptors (Lipinski definition) is 2. The first kappa shape index (κ1) is 17.0. The number of esters is 1. The van der Waals surface area contributed by atoms with Gasteiger partial charge in [-0.25, -0.2) is 4.79 Å². The van der Waals surface area contributed by atoms with E-state index in [-0.39, 0.29) is 5.97 Å². The summed E-state index contributed by atoms with van der Waals surface area (Å²) in [4.78, 5) is 12.3. The molecule has 2 fully saturated rings. The summed E-state index contributed by atoms with van der Waals surface area (Å²) in [5.74, 6) is 2.89. The fourth-order valence-electron chi connectivity index (χ4n) is 6.36. The Morgan fingerprint density at radius 3 is 2.74 bits per heavy atom. The van der Waals surface area contributed by atoms with Crippen LogP contribution in [-0.4, -0.2) is 5.97 Å². The minimum Gasteiger partial charge on any atom is -0.423 e. The molecule has 27 heavy (non-hydrogen) atoms. The molecule has 0 N–H and O–H groups in total. The molecule has 0 aliphatic heterocycles. The molecule has 5 rings (SSSR count). The Morgan fingerprint density at radius 2 is 1.89 bits per heavy atom. The highest BCUT2D eigenvalue weighted by atomic mass is 16.5. The maximum atomic E-state index is 12.3. The van der Waals surface area contributed by atoms with Gasteiger partial charge < -0.3 is 4.74 Å². The van der Waals surface area contributed by atoms with Gasteiger partial charge >= 0.3 is 5.97 Å². The van der Waals surface area contributed by atoms with E-state index < -0.39 is 0 Å². The Bertz CT molecular complexity index is 856. The summed E-state index contributed by atoms with van der Waals surface area (Å²) in [5, 5.41) is 0. The average Bonchev–Trinajstić information content (AvgIpc) is 3.10. The quantitative estimate of drug-likeness (QED) is 0.474. The van der Waals surface area contributed by atoms with Crippen LogP contribution in [0, 0.1) is 17.3 Å². The van der Waals surface area contributed by atoms with Crippen LogP contribution in [0.5, 0.6) is 5.75 Å². The SMILES string of the molecule is C[C@@]12CCCC1C1CCc3cc(OC(=O)c4ccccc4)ccc3C1CC2. The van der Waals surface area contributed by atoms with Crippen LogP contribution in [-0.2, 0) is 6.42 Å². The number of fused-ring (bicyclic) bond motifs is 5. The van der Waals surface area contributed by atoms with Gasteiger partial charge in [-0.15, -0.1) is 0 Å². The molecule has 3 unspecified atom stereocenters. The van der Waals surface area contributed by atoms with Crippen molar-refractivity contribution in [3.63, 3.8) is 0 Å². The number of rotatable bonds is 2. The molecule has 0 amide bonds. The molecule has 0 heterocycles. The molecule has 0 bridgehead atoms. The molecule has 0 radical (unpaired) electrons. The molecule has 0 aromatic heterocycles.